The third-order valence-electron chi connectivity index (χ3n) is 4.98. The van der Waals surface area contributed by atoms with Crippen molar-refractivity contribution in [3.05, 3.63) is 42.1 Å². The van der Waals surface area contributed by atoms with E-state index in [1.54, 1.807) is 0 Å². The molecule has 3 atom stereocenters. The van der Waals surface area contributed by atoms with Crippen LogP contribution in [0.4, 0.5) is 5.95 Å². The van der Waals surface area contributed by atoms with Crippen LogP contribution < -0.4 is 10.2 Å². The van der Waals surface area contributed by atoms with E-state index in [0.717, 1.165) is 43.0 Å². The first-order valence-corrected chi connectivity index (χ1v) is 8.63. The SMILES string of the molecule is CC1CC1c1ccc(CNC2CCCN(c3ncccn3)C2)o1.Cl. The molecule has 1 aliphatic heterocycles. The van der Waals surface area contributed by atoms with E-state index in [1.807, 2.05) is 18.5 Å². The van der Waals surface area contributed by atoms with Gasteiger partial charge in [-0.15, -0.1) is 12.4 Å². The Kier molecular flexibility index (Phi) is 5.41. The van der Waals surface area contributed by atoms with Crippen molar-refractivity contribution in [2.75, 3.05) is 18.0 Å². The zero-order valence-electron chi connectivity index (χ0n) is 14.0. The van der Waals surface area contributed by atoms with Gasteiger partial charge >= 0.3 is 0 Å². The largest absolute Gasteiger partial charge is 0.464 e. The Hall–Kier alpha value is -1.59. The first-order valence-electron chi connectivity index (χ1n) is 8.63. The molecule has 0 radical (unpaired) electrons. The maximum absolute atomic E-state index is 5.98. The minimum atomic E-state index is 0. The maximum Gasteiger partial charge on any atom is 0.225 e. The van der Waals surface area contributed by atoms with E-state index in [4.69, 9.17) is 4.42 Å². The van der Waals surface area contributed by atoms with Gasteiger partial charge in [0.05, 0.1) is 6.54 Å². The van der Waals surface area contributed by atoms with Crippen LogP contribution in [0.1, 0.15) is 43.6 Å². The summed E-state index contributed by atoms with van der Waals surface area (Å²) in [7, 11) is 0. The van der Waals surface area contributed by atoms with Crippen molar-refractivity contribution in [3.63, 3.8) is 0 Å². The van der Waals surface area contributed by atoms with Gasteiger partial charge in [-0.05, 0) is 43.4 Å². The van der Waals surface area contributed by atoms with Crippen LogP contribution in [0.5, 0.6) is 0 Å². The molecule has 24 heavy (non-hydrogen) atoms. The average molecular weight is 349 g/mol. The molecular weight excluding hydrogens is 324 g/mol. The van der Waals surface area contributed by atoms with Crippen molar-refractivity contribution in [2.45, 2.75) is 44.7 Å². The first kappa shape index (κ1) is 17.2. The third-order valence-corrected chi connectivity index (χ3v) is 4.98. The van der Waals surface area contributed by atoms with Gasteiger partial charge in [-0.2, -0.15) is 0 Å². The van der Waals surface area contributed by atoms with Crippen molar-refractivity contribution in [1.29, 1.82) is 0 Å². The molecule has 3 unspecified atom stereocenters. The average Bonchev–Trinajstić information content (AvgIpc) is 3.15. The van der Waals surface area contributed by atoms with Gasteiger partial charge in [0.1, 0.15) is 11.5 Å². The summed E-state index contributed by atoms with van der Waals surface area (Å²) in [6.07, 6.45) is 7.25. The molecule has 1 saturated carbocycles. The standard InChI is InChI=1S/C18H24N4O.ClH/c1-13-10-16(13)17-6-5-15(23-17)11-21-14-4-2-9-22(12-14)18-19-7-3-8-20-18;/h3,5-8,13-14,16,21H,2,4,9-12H2,1H3;1H. The lowest BCUT2D eigenvalue weighted by Gasteiger charge is -2.33. The Morgan fingerprint density at radius 2 is 2.08 bits per heavy atom. The van der Waals surface area contributed by atoms with Crippen LogP contribution in [-0.2, 0) is 6.54 Å². The highest BCUT2D eigenvalue weighted by Gasteiger charge is 2.36. The van der Waals surface area contributed by atoms with Gasteiger partial charge in [0, 0.05) is 37.4 Å². The van der Waals surface area contributed by atoms with Crippen LogP contribution in [-0.4, -0.2) is 29.1 Å². The molecule has 0 bridgehead atoms. The van der Waals surface area contributed by atoms with E-state index in [9.17, 15) is 0 Å². The van der Waals surface area contributed by atoms with Gasteiger partial charge in [0.15, 0.2) is 0 Å². The molecule has 4 rings (SSSR count). The fraction of sp³-hybridized carbons (Fsp3) is 0.556. The van der Waals surface area contributed by atoms with E-state index in [-0.39, 0.29) is 12.4 Å². The maximum atomic E-state index is 5.98. The second kappa shape index (κ2) is 7.53. The number of nitrogens with zero attached hydrogens (tertiary/aromatic N) is 3. The molecular formula is C18H25ClN4O. The molecule has 6 heteroatoms. The van der Waals surface area contributed by atoms with Gasteiger partial charge in [-0.3, -0.25) is 0 Å². The van der Waals surface area contributed by atoms with Crippen molar-refractivity contribution in [1.82, 2.24) is 15.3 Å². The molecule has 1 saturated heterocycles. The Morgan fingerprint density at radius 1 is 1.29 bits per heavy atom. The molecule has 5 nitrogen and oxygen atoms in total. The zero-order valence-corrected chi connectivity index (χ0v) is 14.8. The Morgan fingerprint density at radius 3 is 2.83 bits per heavy atom. The molecule has 2 aromatic heterocycles. The van der Waals surface area contributed by atoms with Crippen LogP contribution >= 0.6 is 12.4 Å². The third kappa shape index (κ3) is 3.90. The number of piperidine rings is 1. The van der Waals surface area contributed by atoms with Crippen LogP contribution in [0, 0.1) is 5.92 Å². The predicted octanol–water partition coefficient (Wildman–Crippen LogP) is 3.37. The monoisotopic (exact) mass is 348 g/mol. The molecule has 2 fully saturated rings. The van der Waals surface area contributed by atoms with Gasteiger partial charge in [0.25, 0.3) is 0 Å². The Labute approximate surface area is 149 Å². The second-order valence-corrected chi connectivity index (χ2v) is 6.84. The van der Waals surface area contributed by atoms with Crippen LogP contribution in [0.15, 0.2) is 35.0 Å². The number of aromatic nitrogens is 2. The number of halogens is 1. The van der Waals surface area contributed by atoms with Gasteiger partial charge in [0.2, 0.25) is 5.95 Å². The summed E-state index contributed by atoms with van der Waals surface area (Å²) < 4.78 is 5.98. The highest BCUT2D eigenvalue weighted by Crippen LogP contribution is 2.47. The normalized spacial score (nSPS) is 26.0. The summed E-state index contributed by atoms with van der Waals surface area (Å²) in [5.74, 6) is 4.50. The minimum absolute atomic E-state index is 0. The smallest absolute Gasteiger partial charge is 0.225 e. The van der Waals surface area contributed by atoms with E-state index >= 15 is 0 Å². The van der Waals surface area contributed by atoms with Crippen molar-refractivity contribution >= 4 is 18.4 Å². The van der Waals surface area contributed by atoms with Crippen molar-refractivity contribution in [2.24, 2.45) is 5.92 Å². The Balaban J connectivity index is 0.00000169. The predicted molar refractivity (Wildman–Crippen MR) is 96.6 cm³/mol. The van der Waals surface area contributed by atoms with Gasteiger partial charge < -0.3 is 14.6 Å². The molecule has 1 aliphatic carbocycles. The topological polar surface area (TPSA) is 54.2 Å². The highest BCUT2D eigenvalue weighted by molar-refractivity contribution is 5.85. The summed E-state index contributed by atoms with van der Waals surface area (Å²) in [5.41, 5.74) is 0. The molecule has 1 N–H and O–H groups in total. The fourth-order valence-corrected chi connectivity index (χ4v) is 3.43. The Bertz CT molecular complexity index is 647. The first-order chi connectivity index (χ1) is 11.3. The molecule has 3 heterocycles. The zero-order chi connectivity index (χ0) is 15.6. The lowest BCUT2D eigenvalue weighted by molar-refractivity contribution is 0.384. The highest BCUT2D eigenvalue weighted by atomic mass is 35.5. The summed E-state index contributed by atoms with van der Waals surface area (Å²) in [4.78, 5) is 11.0. The van der Waals surface area contributed by atoms with Gasteiger partial charge in [-0.1, -0.05) is 6.92 Å². The van der Waals surface area contributed by atoms with Crippen LogP contribution in [0.25, 0.3) is 0 Å². The molecule has 2 aliphatic rings. The molecule has 0 aromatic carbocycles. The number of hydrogen-bond acceptors (Lipinski definition) is 5. The number of nitrogens with one attached hydrogen (secondary N) is 1. The number of rotatable bonds is 5. The van der Waals surface area contributed by atoms with E-state index in [0.29, 0.717) is 12.0 Å². The molecule has 0 spiro atoms. The molecule has 2 aromatic rings. The van der Waals surface area contributed by atoms with E-state index in [1.165, 1.54) is 19.3 Å². The number of hydrogen-bond donors (Lipinski definition) is 1. The van der Waals surface area contributed by atoms with E-state index < -0.39 is 0 Å². The molecule has 0 amide bonds. The number of furan rings is 1. The number of anilines is 1. The van der Waals surface area contributed by atoms with Crippen LogP contribution in [0.3, 0.4) is 0 Å². The minimum Gasteiger partial charge on any atom is -0.464 e. The second-order valence-electron chi connectivity index (χ2n) is 6.84. The van der Waals surface area contributed by atoms with Gasteiger partial charge in [-0.25, -0.2) is 9.97 Å². The summed E-state index contributed by atoms with van der Waals surface area (Å²) in [6.45, 7) is 5.08. The summed E-state index contributed by atoms with van der Waals surface area (Å²) in [5, 5.41) is 3.63. The van der Waals surface area contributed by atoms with Crippen LogP contribution in [0.2, 0.25) is 0 Å². The molecule has 130 valence electrons. The fourth-order valence-electron chi connectivity index (χ4n) is 3.43. The van der Waals surface area contributed by atoms with Crippen molar-refractivity contribution in [3.8, 4) is 0 Å². The summed E-state index contributed by atoms with van der Waals surface area (Å²) >= 11 is 0. The lowest BCUT2D eigenvalue weighted by Crippen LogP contribution is -2.46. The van der Waals surface area contributed by atoms with Crippen molar-refractivity contribution < 1.29 is 4.42 Å². The summed E-state index contributed by atoms with van der Waals surface area (Å²) in [6, 6.07) is 6.59. The lowest BCUT2D eigenvalue weighted by atomic mass is 10.1. The quantitative estimate of drug-likeness (QED) is 0.897. The van der Waals surface area contributed by atoms with E-state index in [2.05, 4.69) is 39.2 Å².